The average molecular weight is 429 g/mol. The number of rotatable bonds is 8. The molecule has 0 aliphatic carbocycles. The number of ether oxygens (including phenoxy) is 1. The van der Waals surface area contributed by atoms with E-state index in [0.717, 1.165) is 35.2 Å². The van der Waals surface area contributed by atoms with Crippen LogP contribution in [0.25, 0.3) is 22.4 Å². The molecule has 2 aromatic carbocycles. The molecule has 0 bridgehead atoms. The van der Waals surface area contributed by atoms with Crippen molar-refractivity contribution in [3.8, 4) is 28.3 Å². The van der Waals surface area contributed by atoms with Crippen molar-refractivity contribution in [1.82, 2.24) is 4.98 Å². The van der Waals surface area contributed by atoms with Crippen molar-refractivity contribution in [1.29, 1.82) is 0 Å². The molecule has 5 nitrogen and oxygen atoms in total. The van der Waals surface area contributed by atoms with Gasteiger partial charge in [0.1, 0.15) is 5.82 Å². The summed E-state index contributed by atoms with van der Waals surface area (Å²) in [6, 6.07) is 14.7. The minimum atomic E-state index is -3.29. The SMILES string of the molecule is CCCCOc1nc(-c2ccc(F)cc2)c(-c2ccc(S(C)(=O)=O)cc2)cc1NC. The summed E-state index contributed by atoms with van der Waals surface area (Å²) < 4.78 is 42.9. The molecule has 0 saturated heterocycles. The molecule has 0 aliphatic heterocycles. The Morgan fingerprint density at radius 1 is 1.03 bits per heavy atom. The Hall–Kier alpha value is -2.93. The van der Waals surface area contributed by atoms with E-state index >= 15 is 0 Å². The fourth-order valence-corrected chi connectivity index (χ4v) is 3.66. The standard InChI is InChI=1S/C23H25FN2O3S/c1-4-5-14-29-23-21(25-2)15-20(16-8-12-19(13-9-16)30(3,27)28)22(26-23)17-6-10-18(24)11-7-17/h6-13,15,25H,4-5,14H2,1-3H3. The van der Waals surface area contributed by atoms with Crippen LogP contribution < -0.4 is 10.1 Å². The number of aromatic nitrogens is 1. The lowest BCUT2D eigenvalue weighted by Crippen LogP contribution is -2.04. The lowest BCUT2D eigenvalue weighted by Gasteiger charge is -2.16. The molecule has 1 N–H and O–H groups in total. The van der Waals surface area contributed by atoms with E-state index in [-0.39, 0.29) is 10.7 Å². The smallest absolute Gasteiger partial charge is 0.237 e. The molecule has 1 heterocycles. The highest BCUT2D eigenvalue weighted by Gasteiger charge is 2.17. The molecule has 0 fully saturated rings. The first-order chi connectivity index (χ1) is 14.3. The highest BCUT2D eigenvalue weighted by molar-refractivity contribution is 7.90. The summed E-state index contributed by atoms with van der Waals surface area (Å²) in [5.41, 5.74) is 3.67. The molecule has 0 atom stereocenters. The van der Waals surface area contributed by atoms with Gasteiger partial charge in [-0.1, -0.05) is 25.5 Å². The van der Waals surface area contributed by atoms with Crippen LogP contribution in [0.3, 0.4) is 0 Å². The van der Waals surface area contributed by atoms with E-state index in [2.05, 4.69) is 12.2 Å². The van der Waals surface area contributed by atoms with E-state index in [4.69, 9.17) is 9.72 Å². The van der Waals surface area contributed by atoms with Crippen LogP contribution in [0.15, 0.2) is 59.5 Å². The van der Waals surface area contributed by atoms with Crippen LogP contribution in [-0.4, -0.2) is 33.3 Å². The number of nitrogens with one attached hydrogen (secondary N) is 1. The first-order valence-corrected chi connectivity index (χ1v) is 11.6. The van der Waals surface area contributed by atoms with Crippen LogP contribution >= 0.6 is 0 Å². The molecule has 0 unspecified atom stereocenters. The summed E-state index contributed by atoms with van der Waals surface area (Å²) in [5.74, 6) is 0.144. The Morgan fingerprint density at radius 2 is 1.67 bits per heavy atom. The fourth-order valence-electron chi connectivity index (χ4n) is 3.03. The summed E-state index contributed by atoms with van der Waals surface area (Å²) >= 11 is 0. The molecule has 0 spiro atoms. The van der Waals surface area contributed by atoms with Gasteiger partial charge in [-0.15, -0.1) is 0 Å². The fraction of sp³-hybridized carbons (Fsp3) is 0.261. The lowest BCUT2D eigenvalue weighted by molar-refractivity contribution is 0.300. The van der Waals surface area contributed by atoms with E-state index in [9.17, 15) is 12.8 Å². The number of hydrogen-bond donors (Lipinski definition) is 1. The number of pyridine rings is 1. The predicted octanol–water partition coefficient (Wildman–Crippen LogP) is 5.18. The zero-order valence-electron chi connectivity index (χ0n) is 17.3. The molecule has 158 valence electrons. The van der Waals surface area contributed by atoms with Crippen molar-refractivity contribution >= 4 is 15.5 Å². The van der Waals surface area contributed by atoms with E-state index in [1.165, 1.54) is 18.4 Å². The van der Waals surface area contributed by atoms with E-state index in [1.807, 2.05) is 6.07 Å². The van der Waals surface area contributed by atoms with Crippen molar-refractivity contribution in [2.75, 3.05) is 25.2 Å². The van der Waals surface area contributed by atoms with E-state index in [0.29, 0.717) is 18.2 Å². The maximum atomic E-state index is 13.5. The summed E-state index contributed by atoms with van der Waals surface area (Å²) in [6.45, 7) is 2.63. The van der Waals surface area contributed by atoms with Gasteiger partial charge in [0.15, 0.2) is 9.84 Å². The van der Waals surface area contributed by atoms with Crippen LogP contribution in [0, 0.1) is 5.82 Å². The number of anilines is 1. The Morgan fingerprint density at radius 3 is 2.23 bits per heavy atom. The summed E-state index contributed by atoms with van der Waals surface area (Å²) in [6.07, 6.45) is 3.09. The highest BCUT2D eigenvalue weighted by atomic mass is 32.2. The number of halogens is 1. The Balaban J connectivity index is 2.15. The molecule has 1 aromatic heterocycles. The molecule has 30 heavy (non-hydrogen) atoms. The van der Waals surface area contributed by atoms with E-state index in [1.54, 1.807) is 43.4 Å². The summed E-state index contributed by atoms with van der Waals surface area (Å²) in [4.78, 5) is 4.98. The second-order valence-electron chi connectivity index (χ2n) is 6.99. The van der Waals surface area contributed by atoms with Crippen molar-refractivity contribution in [2.24, 2.45) is 0 Å². The van der Waals surface area contributed by atoms with Crippen LogP contribution in [0.2, 0.25) is 0 Å². The highest BCUT2D eigenvalue weighted by Crippen LogP contribution is 2.37. The number of unbranched alkanes of at least 4 members (excludes halogenated alkanes) is 1. The van der Waals surface area contributed by atoms with Crippen LogP contribution in [0.1, 0.15) is 19.8 Å². The summed E-state index contributed by atoms with van der Waals surface area (Å²) in [7, 11) is -1.50. The molecule has 0 saturated carbocycles. The van der Waals surface area contributed by atoms with Gasteiger partial charge in [0.25, 0.3) is 0 Å². The number of hydrogen-bond acceptors (Lipinski definition) is 5. The molecule has 7 heteroatoms. The van der Waals surface area contributed by atoms with Gasteiger partial charge < -0.3 is 10.1 Å². The average Bonchev–Trinajstić information content (AvgIpc) is 2.73. The number of nitrogens with zero attached hydrogens (tertiary/aromatic N) is 1. The quantitative estimate of drug-likeness (QED) is 0.501. The maximum Gasteiger partial charge on any atom is 0.237 e. The topological polar surface area (TPSA) is 68.3 Å². The third-order valence-electron chi connectivity index (χ3n) is 4.70. The largest absolute Gasteiger partial charge is 0.476 e. The summed E-state index contributed by atoms with van der Waals surface area (Å²) in [5, 5.41) is 3.11. The van der Waals surface area contributed by atoms with E-state index < -0.39 is 9.84 Å². The predicted molar refractivity (Wildman–Crippen MR) is 118 cm³/mol. The van der Waals surface area contributed by atoms with Crippen molar-refractivity contribution in [3.63, 3.8) is 0 Å². The molecular weight excluding hydrogens is 403 g/mol. The Kier molecular flexibility index (Phi) is 6.72. The normalized spacial score (nSPS) is 11.3. The first-order valence-electron chi connectivity index (χ1n) is 9.75. The second kappa shape index (κ2) is 9.26. The third kappa shape index (κ3) is 4.97. The monoisotopic (exact) mass is 428 g/mol. The molecule has 3 rings (SSSR count). The van der Waals surface area contributed by atoms with Gasteiger partial charge in [0, 0.05) is 24.4 Å². The van der Waals surface area contributed by atoms with Gasteiger partial charge in [-0.05, 0) is 54.4 Å². The molecule has 0 radical (unpaired) electrons. The van der Waals surface area contributed by atoms with Gasteiger partial charge in [0.2, 0.25) is 5.88 Å². The first kappa shape index (κ1) is 21.8. The van der Waals surface area contributed by atoms with Crippen molar-refractivity contribution in [2.45, 2.75) is 24.7 Å². The Bertz CT molecular complexity index is 1110. The maximum absolute atomic E-state index is 13.5. The van der Waals surface area contributed by atoms with Crippen LogP contribution in [0.5, 0.6) is 5.88 Å². The molecule has 0 aliphatic rings. The van der Waals surface area contributed by atoms with Gasteiger partial charge >= 0.3 is 0 Å². The van der Waals surface area contributed by atoms with Crippen LogP contribution in [-0.2, 0) is 9.84 Å². The van der Waals surface area contributed by atoms with Crippen molar-refractivity contribution < 1.29 is 17.5 Å². The van der Waals surface area contributed by atoms with Gasteiger partial charge in [0.05, 0.1) is 22.9 Å². The minimum Gasteiger partial charge on any atom is -0.476 e. The second-order valence-corrected chi connectivity index (χ2v) is 9.01. The molecular formula is C23H25FN2O3S. The number of sulfone groups is 1. The zero-order chi connectivity index (χ0) is 21.7. The van der Waals surface area contributed by atoms with Gasteiger partial charge in [-0.3, -0.25) is 0 Å². The van der Waals surface area contributed by atoms with Crippen molar-refractivity contribution in [3.05, 3.63) is 60.4 Å². The Labute approximate surface area is 176 Å². The zero-order valence-corrected chi connectivity index (χ0v) is 18.1. The lowest BCUT2D eigenvalue weighted by atomic mass is 9.98. The van der Waals surface area contributed by atoms with Crippen LogP contribution in [0.4, 0.5) is 10.1 Å². The number of benzene rings is 2. The minimum absolute atomic E-state index is 0.246. The molecule has 0 amide bonds. The third-order valence-corrected chi connectivity index (χ3v) is 5.83. The van der Waals surface area contributed by atoms with Gasteiger partial charge in [-0.25, -0.2) is 17.8 Å². The van der Waals surface area contributed by atoms with Gasteiger partial charge in [-0.2, -0.15) is 0 Å². The molecule has 3 aromatic rings.